The normalized spacial score (nSPS) is 11.4. The lowest BCUT2D eigenvalue weighted by atomic mass is 10.2. The number of hydrogen-bond acceptors (Lipinski definition) is 7. The average molecular weight is 377 g/mol. The van der Waals surface area contributed by atoms with E-state index in [2.05, 4.69) is 13.5 Å². The van der Waals surface area contributed by atoms with E-state index in [1.54, 1.807) is 26.0 Å². The third kappa shape index (κ3) is 3.47. The van der Waals surface area contributed by atoms with Gasteiger partial charge < -0.3 is 4.74 Å². The molecule has 7 nitrogen and oxygen atoms in total. The number of carbonyl (C=O) groups excluding carboxylic acids is 1. The molecule has 0 bridgehead atoms. The lowest BCUT2D eigenvalue weighted by molar-refractivity contribution is 0.0526. The van der Waals surface area contributed by atoms with Crippen molar-refractivity contribution in [3.05, 3.63) is 47.5 Å². The first-order valence-electron chi connectivity index (χ1n) is 7.44. The van der Waals surface area contributed by atoms with E-state index in [1.165, 1.54) is 24.3 Å². The summed E-state index contributed by atoms with van der Waals surface area (Å²) >= 11 is 0.964. The van der Waals surface area contributed by atoms with Crippen LogP contribution in [0.5, 0.6) is 0 Å². The summed E-state index contributed by atoms with van der Waals surface area (Å²) in [6.45, 7) is 3.70. The molecule has 130 valence electrons. The quantitative estimate of drug-likeness (QED) is 0.687. The summed E-state index contributed by atoms with van der Waals surface area (Å²) in [6, 6.07) is 9.47. The third-order valence-corrected chi connectivity index (χ3v) is 5.60. The number of carbonyl (C=O) groups is 1. The summed E-state index contributed by atoms with van der Waals surface area (Å²) in [7, 11) is -3.85. The second-order valence-electron chi connectivity index (χ2n) is 5.25. The van der Waals surface area contributed by atoms with E-state index >= 15 is 0 Å². The Bertz CT molecular complexity index is 1030. The minimum Gasteiger partial charge on any atom is -0.462 e. The maximum atomic E-state index is 12.8. The molecule has 3 rings (SSSR count). The van der Waals surface area contributed by atoms with Gasteiger partial charge in [-0.25, -0.2) is 13.2 Å². The van der Waals surface area contributed by atoms with Crippen LogP contribution in [0.2, 0.25) is 0 Å². The Kier molecular flexibility index (Phi) is 4.69. The molecular formula is C16H15N3O4S2. The van der Waals surface area contributed by atoms with Gasteiger partial charge in [0.2, 0.25) is 0 Å². The Morgan fingerprint density at radius 3 is 2.56 bits per heavy atom. The zero-order valence-corrected chi connectivity index (χ0v) is 15.1. The number of ether oxygens (including phenoxy) is 1. The summed E-state index contributed by atoms with van der Waals surface area (Å²) < 4.78 is 41.2. The van der Waals surface area contributed by atoms with Gasteiger partial charge in [0.05, 0.1) is 23.9 Å². The van der Waals surface area contributed by atoms with Crippen LogP contribution in [-0.4, -0.2) is 29.7 Å². The highest BCUT2D eigenvalue weighted by molar-refractivity contribution is 7.93. The van der Waals surface area contributed by atoms with Crippen molar-refractivity contribution >= 4 is 44.4 Å². The molecule has 0 aliphatic rings. The van der Waals surface area contributed by atoms with E-state index in [-0.39, 0.29) is 11.5 Å². The number of hydrogen-bond donors (Lipinski definition) is 1. The Morgan fingerprint density at radius 2 is 1.88 bits per heavy atom. The van der Waals surface area contributed by atoms with Crippen LogP contribution in [-0.2, 0) is 14.8 Å². The smallest absolute Gasteiger partial charge is 0.338 e. The minimum absolute atomic E-state index is 0.105. The molecule has 0 amide bonds. The first-order chi connectivity index (χ1) is 11.9. The van der Waals surface area contributed by atoms with Crippen LogP contribution in [0, 0.1) is 6.92 Å². The number of nitrogens with one attached hydrogen (secondary N) is 1. The number of aryl methyl sites for hydroxylation is 1. The third-order valence-electron chi connectivity index (χ3n) is 3.50. The van der Waals surface area contributed by atoms with Gasteiger partial charge in [-0.2, -0.15) is 8.75 Å². The van der Waals surface area contributed by atoms with Gasteiger partial charge in [-0.1, -0.05) is 6.07 Å². The lowest BCUT2D eigenvalue weighted by Gasteiger charge is -2.11. The number of benzene rings is 2. The molecule has 25 heavy (non-hydrogen) atoms. The maximum Gasteiger partial charge on any atom is 0.338 e. The molecule has 0 spiro atoms. The molecular weight excluding hydrogens is 362 g/mol. The molecule has 0 atom stereocenters. The van der Waals surface area contributed by atoms with E-state index < -0.39 is 16.0 Å². The highest BCUT2D eigenvalue weighted by Crippen LogP contribution is 2.27. The monoisotopic (exact) mass is 377 g/mol. The minimum atomic E-state index is -3.85. The SMILES string of the molecule is CCOC(=O)c1ccc(NS(=O)(=O)c2c(C)ccc3nsnc23)cc1. The first-order valence-corrected chi connectivity index (χ1v) is 9.65. The van der Waals surface area contributed by atoms with E-state index in [0.29, 0.717) is 27.8 Å². The van der Waals surface area contributed by atoms with Crippen molar-refractivity contribution in [1.82, 2.24) is 8.75 Å². The Morgan fingerprint density at radius 1 is 1.16 bits per heavy atom. The van der Waals surface area contributed by atoms with Crippen molar-refractivity contribution in [1.29, 1.82) is 0 Å². The van der Waals surface area contributed by atoms with Crippen LogP contribution < -0.4 is 4.72 Å². The largest absolute Gasteiger partial charge is 0.462 e. The molecule has 0 saturated heterocycles. The molecule has 0 radical (unpaired) electrons. The first kappa shape index (κ1) is 17.3. The molecule has 9 heteroatoms. The molecule has 0 unspecified atom stereocenters. The summed E-state index contributed by atoms with van der Waals surface area (Å²) in [6.07, 6.45) is 0. The fraction of sp³-hybridized carbons (Fsp3) is 0.188. The predicted octanol–water partition coefficient (Wildman–Crippen LogP) is 2.98. The second-order valence-corrected chi connectivity index (χ2v) is 7.39. The van der Waals surface area contributed by atoms with Crippen LogP contribution in [0.15, 0.2) is 41.3 Å². The molecule has 0 saturated carbocycles. The highest BCUT2D eigenvalue weighted by atomic mass is 32.2. The standard InChI is InChI=1S/C16H15N3O4S2/c1-3-23-16(20)11-5-7-12(8-6-11)19-25(21,22)15-10(2)4-9-13-14(15)18-24-17-13/h4-9,19H,3H2,1-2H3. The summed E-state index contributed by atoms with van der Waals surface area (Å²) in [5.74, 6) is -0.453. The molecule has 0 aliphatic carbocycles. The van der Waals surface area contributed by atoms with Gasteiger partial charge in [0.15, 0.2) is 0 Å². The van der Waals surface area contributed by atoms with Gasteiger partial charge >= 0.3 is 5.97 Å². The number of esters is 1. The zero-order chi connectivity index (χ0) is 18.0. The average Bonchev–Trinajstić information content (AvgIpc) is 3.03. The molecule has 3 aromatic rings. The fourth-order valence-electron chi connectivity index (χ4n) is 2.36. The zero-order valence-electron chi connectivity index (χ0n) is 13.5. The van der Waals surface area contributed by atoms with Gasteiger partial charge in [0, 0.05) is 5.69 Å². The molecule has 1 heterocycles. The topological polar surface area (TPSA) is 98.2 Å². The molecule has 1 N–H and O–H groups in total. The van der Waals surface area contributed by atoms with Crippen molar-refractivity contribution in [2.45, 2.75) is 18.7 Å². The maximum absolute atomic E-state index is 12.8. The predicted molar refractivity (Wildman–Crippen MR) is 95.4 cm³/mol. The van der Waals surface area contributed by atoms with Gasteiger partial charge in [-0.05, 0) is 49.7 Å². The van der Waals surface area contributed by atoms with Crippen molar-refractivity contribution in [2.75, 3.05) is 11.3 Å². The van der Waals surface area contributed by atoms with Gasteiger partial charge in [-0.15, -0.1) is 0 Å². The number of rotatable bonds is 5. The van der Waals surface area contributed by atoms with Gasteiger partial charge in [-0.3, -0.25) is 4.72 Å². The molecule has 2 aromatic carbocycles. The number of fused-ring (bicyclic) bond motifs is 1. The number of aromatic nitrogens is 2. The highest BCUT2D eigenvalue weighted by Gasteiger charge is 2.22. The van der Waals surface area contributed by atoms with Crippen molar-refractivity contribution < 1.29 is 17.9 Å². The van der Waals surface area contributed by atoms with Crippen molar-refractivity contribution in [2.24, 2.45) is 0 Å². The molecule has 0 fully saturated rings. The number of nitrogens with zero attached hydrogens (tertiary/aromatic N) is 2. The fourth-order valence-corrected chi connectivity index (χ4v) is 4.41. The molecule has 1 aromatic heterocycles. The Labute approximate surface area is 149 Å². The van der Waals surface area contributed by atoms with Crippen LogP contribution >= 0.6 is 11.7 Å². The van der Waals surface area contributed by atoms with E-state index in [0.717, 1.165) is 11.7 Å². The number of anilines is 1. The second kappa shape index (κ2) is 6.77. The van der Waals surface area contributed by atoms with E-state index in [4.69, 9.17) is 4.74 Å². The summed E-state index contributed by atoms with van der Waals surface area (Å²) in [5, 5.41) is 0. The van der Waals surface area contributed by atoms with Crippen LogP contribution in [0.4, 0.5) is 5.69 Å². The number of sulfonamides is 1. The Hall–Kier alpha value is -2.52. The lowest BCUT2D eigenvalue weighted by Crippen LogP contribution is -2.15. The van der Waals surface area contributed by atoms with Gasteiger partial charge in [0.1, 0.15) is 15.9 Å². The van der Waals surface area contributed by atoms with Crippen LogP contribution in [0.3, 0.4) is 0 Å². The van der Waals surface area contributed by atoms with E-state index in [1.807, 2.05) is 0 Å². The van der Waals surface area contributed by atoms with Crippen molar-refractivity contribution in [3.63, 3.8) is 0 Å². The van der Waals surface area contributed by atoms with Gasteiger partial charge in [0.25, 0.3) is 10.0 Å². The van der Waals surface area contributed by atoms with Crippen LogP contribution in [0.1, 0.15) is 22.8 Å². The Balaban J connectivity index is 1.92. The van der Waals surface area contributed by atoms with Crippen molar-refractivity contribution in [3.8, 4) is 0 Å². The summed E-state index contributed by atoms with van der Waals surface area (Å²) in [5.41, 5.74) is 2.16. The summed E-state index contributed by atoms with van der Waals surface area (Å²) in [4.78, 5) is 11.8. The van der Waals surface area contributed by atoms with E-state index in [9.17, 15) is 13.2 Å². The van der Waals surface area contributed by atoms with Crippen LogP contribution in [0.25, 0.3) is 11.0 Å². The molecule has 0 aliphatic heterocycles.